The number of methoxy groups -OCH3 is 1. The molecule has 38 heavy (non-hydrogen) atoms. The van der Waals surface area contributed by atoms with Crippen molar-refractivity contribution in [1.29, 1.82) is 0 Å². The molecule has 4 rings (SSSR count). The van der Waals surface area contributed by atoms with Crippen LogP contribution in [0.3, 0.4) is 0 Å². The number of ketones is 1. The maximum absolute atomic E-state index is 12.8. The zero-order valence-corrected chi connectivity index (χ0v) is 22.7. The fourth-order valence-corrected chi connectivity index (χ4v) is 6.43. The van der Waals surface area contributed by atoms with Crippen molar-refractivity contribution in [1.82, 2.24) is 10.2 Å². The molecule has 0 radical (unpaired) electrons. The van der Waals surface area contributed by atoms with Crippen molar-refractivity contribution in [2.75, 3.05) is 26.8 Å². The standard InChI is InChI=1S/C27H31N3O7S/c1-14-10-17-15(2)26(25(14)17)38-22-13-24(33)30(27(22)34)8-7-28-23(32)6-5-9-37-21-12-19(29-35)18(16(3)31)11-20(21)36-4/h11-12,14,22H,5-10,13H2,1-4H3,(H,28,32). The van der Waals surface area contributed by atoms with Crippen LogP contribution in [0, 0.1) is 10.8 Å². The number of likely N-dealkylation sites (tertiary alicyclic amines) is 1. The van der Waals surface area contributed by atoms with Crippen LogP contribution in [-0.2, 0) is 14.4 Å². The van der Waals surface area contributed by atoms with Crippen LogP contribution in [0.1, 0.15) is 56.8 Å². The molecule has 1 N–H and O–H groups in total. The first-order chi connectivity index (χ1) is 18.2. The minimum atomic E-state index is -0.404. The summed E-state index contributed by atoms with van der Waals surface area (Å²) in [6.45, 7) is 6.06. The van der Waals surface area contributed by atoms with Crippen LogP contribution >= 0.6 is 11.8 Å². The number of benzene rings is 1. The Hall–Kier alpha value is -3.47. The van der Waals surface area contributed by atoms with E-state index in [2.05, 4.69) is 24.3 Å². The zero-order chi connectivity index (χ0) is 27.6. The van der Waals surface area contributed by atoms with Gasteiger partial charge >= 0.3 is 0 Å². The molecule has 1 aliphatic heterocycles. The number of allylic oxidation sites excluding steroid dienone is 3. The van der Waals surface area contributed by atoms with Crippen molar-refractivity contribution in [3.05, 3.63) is 44.2 Å². The molecule has 3 amide bonds. The number of ether oxygens (including phenoxy) is 2. The summed E-state index contributed by atoms with van der Waals surface area (Å²) in [7, 11) is 1.41. The highest BCUT2D eigenvalue weighted by Crippen LogP contribution is 2.57. The van der Waals surface area contributed by atoms with E-state index in [1.807, 2.05) is 0 Å². The number of amides is 3. The number of nitrogens with zero attached hydrogens (tertiary/aromatic N) is 2. The minimum Gasteiger partial charge on any atom is -0.493 e. The lowest BCUT2D eigenvalue weighted by Crippen LogP contribution is -2.39. The van der Waals surface area contributed by atoms with Crippen molar-refractivity contribution in [3.63, 3.8) is 0 Å². The van der Waals surface area contributed by atoms with Gasteiger partial charge in [-0.25, -0.2) is 0 Å². The molecular formula is C27H31N3O7S. The average molecular weight is 542 g/mol. The number of hydrogen-bond acceptors (Lipinski definition) is 9. The highest BCUT2D eigenvalue weighted by Gasteiger charge is 2.44. The van der Waals surface area contributed by atoms with E-state index in [1.165, 1.54) is 64.5 Å². The van der Waals surface area contributed by atoms with Gasteiger partial charge in [0.1, 0.15) is 5.69 Å². The first-order valence-electron chi connectivity index (χ1n) is 12.6. The van der Waals surface area contributed by atoms with Gasteiger partial charge in [-0.1, -0.05) is 6.92 Å². The number of Topliss-reactive ketones (excluding diaryl/α,β-unsaturated/α-hetero) is 1. The highest BCUT2D eigenvalue weighted by molar-refractivity contribution is 8.04. The Bertz CT molecular complexity index is 1270. The largest absolute Gasteiger partial charge is 0.493 e. The molecule has 1 saturated heterocycles. The number of nitrogens with one attached hydrogen (secondary N) is 1. The van der Waals surface area contributed by atoms with Gasteiger partial charge in [0, 0.05) is 36.9 Å². The number of thioether (sulfide) groups is 1. The Balaban J connectivity index is 1.18. The molecule has 1 aromatic rings. The van der Waals surface area contributed by atoms with Gasteiger partial charge in [0.25, 0.3) is 0 Å². The molecule has 2 atom stereocenters. The first-order valence-corrected chi connectivity index (χ1v) is 13.5. The van der Waals surface area contributed by atoms with E-state index in [4.69, 9.17) is 9.47 Å². The van der Waals surface area contributed by atoms with Crippen LogP contribution in [0.4, 0.5) is 5.69 Å². The third-order valence-electron chi connectivity index (χ3n) is 7.05. The maximum atomic E-state index is 12.8. The SMILES string of the molecule is COc1cc(C(C)=O)c(N=O)cc1OCCCC(=O)NCCN1C(=O)CC(SC2=C(C)C3=C2C(C)C3)C1=O. The predicted molar refractivity (Wildman–Crippen MR) is 142 cm³/mol. The molecule has 2 unspecified atom stereocenters. The predicted octanol–water partition coefficient (Wildman–Crippen LogP) is 4.06. The van der Waals surface area contributed by atoms with Crippen molar-refractivity contribution in [2.24, 2.45) is 11.1 Å². The van der Waals surface area contributed by atoms with Gasteiger partial charge in [0.05, 0.1) is 24.5 Å². The number of carbonyl (C=O) groups excluding carboxylic acids is 4. The Morgan fingerprint density at radius 1 is 1.21 bits per heavy atom. The summed E-state index contributed by atoms with van der Waals surface area (Å²) < 4.78 is 10.9. The second-order valence-electron chi connectivity index (χ2n) is 9.62. The average Bonchev–Trinajstić information content (AvgIpc) is 3.15. The van der Waals surface area contributed by atoms with E-state index < -0.39 is 5.25 Å². The molecule has 11 heteroatoms. The van der Waals surface area contributed by atoms with Crippen molar-refractivity contribution < 1.29 is 28.7 Å². The van der Waals surface area contributed by atoms with Crippen molar-refractivity contribution in [3.8, 4) is 11.5 Å². The summed E-state index contributed by atoms with van der Waals surface area (Å²) >= 11 is 1.50. The number of imide groups is 1. The minimum absolute atomic E-state index is 0.0448. The lowest BCUT2D eigenvalue weighted by molar-refractivity contribution is -0.138. The molecule has 202 valence electrons. The monoisotopic (exact) mass is 541 g/mol. The number of nitroso groups, excluding NO2 is 1. The van der Waals surface area contributed by atoms with Gasteiger partial charge in [0.15, 0.2) is 17.3 Å². The van der Waals surface area contributed by atoms with Gasteiger partial charge in [-0.3, -0.25) is 24.1 Å². The van der Waals surface area contributed by atoms with Crippen molar-refractivity contribution in [2.45, 2.75) is 51.7 Å². The number of rotatable bonds is 13. The van der Waals surface area contributed by atoms with Crippen LogP contribution in [-0.4, -0.2) is 60.5 Å². The Labute approximate surface area is 225 Å². The van der Waals surface area contributed by atoms with Gasteiger partial charge < -0.3 is 14.8 Å². The number of carbonyl (C=O) groups is 4. The van der Waals surface area contributed by atoms with E-state index in [0.717, 1.165) is 6.42 Å². The van der Waals surface area contributed by atoms with E-state index in [-0.39, 0.29) is 78.8 Å². The fourth-order valence-electron chi connectivity index (χ4n) is 4.94. The highest BCUT2D eigenvalue weighted by atomic mass is 32.2. The molecule has 1 aromatic carbocycles. The topological polar surface area (TPSA) is 131 Å². The number of hydrogen-bond donors (Lipinski definition) is 1. The Morgan fingerprint density at radius 2 is 1.97 bits per heavy atom. The molecular weight excluding hydrogens is 510 g/mol. The molecule has 10 nitrogen and oxygen atoms in total. The van der Waals surface area contributed by atoms with Crippen LogP contribution in [0.15, 0.2) is 38.9 Å². The molecule has 0 spiro atoms. The molecule has 0 aromatic heterocycles. The second kappa shape index (κ2) is 11.5. The summed E-state index contributed by atoms with van der Waals surface area (Å²) in [6, 6.07) is 2.74. The second-order valence-corrected chi connectivity index (χ2v) is 10.8. The quantitative estimate of drug-likeness (QED) is 0.171. The summed E-state index contributed by atoms with van der Waals surface area (Å²) in [6.07, 6.45) is 1.82. The molecule has 0 bridgehead atoms. The van der Waals surface area contributed by atoms with E-state index in [9.17, 15) is 24.1 Å². The fraction of sp³-hybridized carbons (Fsp3) is 0.481. The Kier molecular flexibility index (Phi) is 8.35. The van der Waals surface area contributed by atoms with Gasteiger partial charge in [-0.05, 0) is 60.6 Å². The molecule has 0 saturated carbocycles. The lowest BCUT2D eigenvalue weighted by atomic mass is 9.68. The molecule has 1 fully saturated rings. The van der Waals surface area contributed by atoms with E-state index in [0.29, 0.717) is 12.3 Å². The normalized spacial score (nSPS) is 20.2. The molecule has 2 aliphatic carbocycles. The first kappa shape index (κ1) is 27.6. The van der Waals surface area contributed by atoms with Crippen LogP contribution in [0.25, 0.3) is 0 Å². The molecule has 3 aliphatic rings. The maximum Gasteiger partial charge on any atom is 0.243 e. The third kappa shape index (κ3) is 5.38. The van der Waals surface area contributed by atoms with Crippen LogP contribution in [0.5, 0.6) is 11.5 Å². The van der Waals surface area contributed by atoms with E-state index in [1.54, 1.807) is 0 Å². The van der Waals surface area contributed by atoms with Crippen LogP contribution in [0.2, 0.25) is 0 Å². The molecule has 1 heterocycles. The van der Waals surface area contributed by atoms with Gasteiger partial charge in [-0.2, -0.15) is 0 Å². The summed E-state index contributed by atoms with van der Waals surface area (Å²) in [4.78, 5) is 62.7. The smallest absolute Gasteiger partial charge is 0.243 e. The van der Waals surface area contributed by atoms with E-state index >= 15 is 0 Å². The van der Waals surface area contributed by atoms with Gasteiger partial charge in [-0.15, -0.1) is 16.7 Å². The Morgan fingerprint density at radius 3 is 2.63 bits per heavy atom. The third-order valence-corrected chi connectivity index (χ3v) is 8.47. The summed E-state index contributed by atoms with van der Waals surface area (Å²) in [5.41, 5.74) is 4.12. The summed E-state index contributed by atoms with van der Waals surface area (Å²) in [5.74, 6) is 0.0972. The summed E-state index contributed by atoms with van der Waals surface area (Å²) in [5, 5.41) is 5.21. The lowest BCUT2D eigenvalue weighted by Gasteiger charge is -2.42. The zero-order valence-electron chi connectivity index (χ0n) is 21.9. The van der Waals surface area contributed by atoms with Crippen LogP contribution < -0.4 is 14.8 Å². The van der Waals surface area contributed by atoms with Gasteiger partial charge in [0.2, 0.25) is 17.7 Å². The van der Waals surface area contributed by atoms with Crippen molar-refractivity contribution >= 4 is 41.0 Å².